The number of phenols is 1. The van der Waals surface area contributed by atoms with Gasteiger partial charge in [-0.3, -0.25) is 14.4 Å². The lowest BCUT2D eigenvalue weighted by Crippen LogP contribution is -2.44. The third kappa shape index (κ3) is 3.60. The molecule has 1 heterocycles. The van der Waals surface area contributed by atoms with Crippen LogP contribution in [0, 0.1) is 17.8 Å². The van der Waals surface area contributed by atoms with E-state index in [1.165, 1.54) is 0 Å². The summed E-state index contributed by atoms with van der Waals surface area (Å²) in [6.45, 7) is 3.81. The Morgan fingerprint density at radius 2 is 1.83 bits per heavy atom. The zero-order valence-electron chi connectivity index (χ0n) is 19.9. The van der Waals surface area contributed by atoms with E-state index in [0.717, 1.165) is 25.9 Å². The lowest BCUT2D eigenvalue weighted by Gasteiger charge is -2.43. The highest BCUT2D eigenvalue weighted by Crippen LogP contribution is 2.54. The van der Waals surface area contributed by atoms with Crippen molar-refractivity contribution in [1.29, 1.82) is 0 Å². The number of Topliss-reactive ketones (excluding diaryl/α,β-unsaturated/α-hetero) is 2. The number of allylic oxidation sites excluding steroid dienone is 3. The Morgan fingerprint density at radius 1 is 1.14 bits per heavy atom. The molecule has 0 aromatic heterocycles. The number of nitrogens with one attached hydrogen (secondary N) is 1. The quantitative estimate of drug-likeness (QED) is 0.326. The minimum Gasteiger partial charge on any atom is -0.511 e. The first-order chi connectivity index (χ1) is 16.6. The Morgan fingerprint density at radius 3 is 2.49 bits per heavy atom. The Balaban J connectivity index is 1.53. The third-order valence-electron chi connectivity index (χ3n) is 8.34. The monoisotopic (exact) mass is 481 g/mol. The van der Waals surface area contributed by atoms with Crippen molar-refractivity contribution in [3.63, 3.8) is 0 Å². The summed E-state index contributed by atoms with van der Waals surface area (Å²) in [6, 6.07) is 3.83. The fourth-order valence-corrected chi connectivity index (χ4v) is 6.42. The highest BCUT2D eigenvalue weighted by atomic mass is 16.3. The predicted molar refractivity (Wildman–Crippen MR) is 128 cm³/mol. The van der Waals surface area contributed by atoms with E-state index in [9.17, 15) is 29.7 Å². The molecule has 1 amide bonds. The minimum atomic E-state index is -1.11. The Bertz CT molecular complexity index is 1190. The number of carbonyl (C=O) groups is 3. The molecule has 1 fully saturated rings. The van der Waals surface area contributed by atoms with Gasteiger partial charge < -0.3 is 31.3 Å². The molecule has 6 N–H and O–H groups in total. The number of nitrogens with two attached hydrogens (primary N) is 1. The topological polar surface area (TPSA) is 153 Å². The number of anilines is 1. The number of carbonyl (C=O) groups excluding carboxylic acids is 3. The van der Waals surface area contributed by atoms with Crippen LogP contribution in [-0.2, 0) is 9.59 Å². The number of primary amides is 1. The van der Waals surface area contributed by atoms with Gasteiger partial charge in [0.15, 0.2) is 11.6 Å². The molecular formula is C26H31N3O6. The highest BCUT2D eigenvalue weighted by Gasteiger charge is 2.51. The summed E-state index contributed by atoms with van der Waals surface area (Å²) in [5, 5.41) is 36.0. The van der Waals surface area contributed by atoms with Crippen LogP contribution in [0.3, 0.4) is 0 Å². The average molecular weight is 482 g/mol. The molecule has 1 aliphatic heterocycles. The number of hydrogen-bond acceptors (Lipinski definition) is 8. The first-order valence-electron chi connectivity index (χ1n) is 12.1. The van der Waals surface area contributed by atoms with Gasteiger partial charge in [-0.15, -0.1) is 0 Å². The summed E-state index contributed by atoms with van der Waals surface area (Å²) >= 11 is 0. The first-order valence-corrected chi connectivity index (χ1v) is 12.1. The molecule has 1 aromatic carbocycles. The van der Waals surface area contributed by atoms with Crippen LogP contribution in [0.2, 0.25) is 0 Å². The van der Waals surface area contributed by atoms with Crippen molar-refractivity contribution >= 4 is 23.2 Å². The molecule has 4 atom stereocenters. The highest BCUT2D eigenvalue weighted by molar-refractivity contribution is 6.22. The smallest absolute Gasteiger partial charge is 0.255 e. The number of ketones is 2. The summed E-state index contributed by atoms with van der Waals surface area (Å²) < 4.78 is 0. The van der Waals surface area contributed by atoms with Crippen molar-refractivity contribution in [3.8, 4) is 5.75 Å². The second-order valence-electron chi connectivity index (χ2n) is 10.4. The van der Waals surface area contributed by atoms with Gasteiger partial charge in [0.25, 0.3) is 5.91 Å². The van der Waals surface area contributed by atoms with E-state index in [-0.39, 0.29) is 52.7 Å². The van der Waals surface area contributed by atoms with Crippen LogP contribution in [0.15, 0.2) is 34.8 Å². The number of amides is 1. The van der Waals surface area contributed by atoms with E-state index in [1.807, 2.05) is 13.0 Å². The minimum absolute atomic E-state index is 0.0287. The maximum absolute atomic E-state index is 13.7. The van der Waals surface area contributed by atoms with Gasteiger partial charge in [0.05, 0.1) is 17.2 Å². The second kappa shape index (κ2) is 8.41. The van der Waals surface area contributed by atoms with Crippen molar-refractivity contribution in [2.45, 2.75) is 44.6 Å². The average Bonchev–Trinajstić information content (AvgIpc) is 2.79. The predicted octanol–water partition coefficient (Wildman–Crippen LogP) is 2.53. The maximum atomic E-state index is 13.7. The molecule has 1 aromatic rings. The van der Waals surface area contributed by atoms with Crippen LogP contribution in [0.4, 0.5) is 5.69 Å². The number of nitrogens with zero attached hydrogens (tertiary/aromatic N) is 1. The van der Waals surface area contributed by atoms with Gasteiger partial charge in [-0.1, -0.05) is 13.0 Å². The number of aliphatic hydroxyl groups excluding tert-OH is 2. The maximum Gasteiger partial charge on any atom is 0.255 e. The van der Waals surface area contributed by atoms with E-state index in [2.05, 4.69) is 17.3 Å². The van der Waals surface area contributed by atoms with E-state index in [1.54, 1.807) is 6.07 Å². The zero-order chi connectivity index (χ0) is 25.2. The number of phenolic OH excluding ortho intramolecular Hbond substituents is 1. The standard InChI is InChI=1S/C26H31N3O6/c1-11-14-3-4-16(28-13-5-7-29(2)8-6-13)22(31)19(14)25(34)20-15(11)9-12-10-17(30)21(26(27)35)24(33)18(12)23(20)32/h3-4,11-13,15,18,28,30-32H,5-10H2,1-2H3,(H2,27,35)/t11-,12?,15?,18?/m0/s1. The van der Waals surface area contributed by atoms with Gasteiger partial charge in [0, 0.05) is 18.0 Å². The molecule has 1 saturated heterocycles. The van der Waals surface area contributed by atoms with Crippen molar-refractivity contribution < 1.29 is 29.7 Å². The Kier molecular flexibility index (Phi) is 5.62. The van der Waals surface area contributed by atoms with Gasteiger partial charge in [-0.25, -0.2) is 0 Å². The van der Waals surface area contributed by atoms with Gasteiger partial charge >= 0.3 is 0 Å². The lowest BCUT2D eigenvalue weighted by molar-refractivity contribution is -0.126. The van der Waals surface area contributed by atoms with Gasteiger partial charge in [0.2, 0.25) is 0 Å². The zero-order valence-corrected chi connectivity index (χ0v) is 19.9. The van der Waals surface area contributed by atoms with Crippen LogP contribution in [0.1, 0.15) is 54.4 Å². The Labute approximate surface area is 203 Å². The third-order valence-corrected chi connectivity index (χ3v) is 8.34. The number of piperidine rings is 1. The van der Waals surface area contributed by atoms with E-state index < -0.39 is 34.9 Å². The number of benzene rings is 1. The number of aromatic hydroxyl groups is 1. The number of likely N-dealkylation sites (tertiary alicyclic amines) is 1. The molecule has 9 nitrogen and oxygen atoms in total. The summed E-state index contributed by atoms with van der Waals surface area (Å²) in [6.07, 6.45) is 2.24. The fourth-order valence-electron chi connectivity index (χ4n) is 6.42. The second-order valence-corrected chi connectivity index (χ2v) is 10.4. The van der Waals surface area contributed by atoms with Crippen molar-refractivity contribution in [2.24, 2.45) is 23.5 Å². The molecule has 0 bridgehead atoms. The van der Waals surface area contributed by atoms with Gasteiger partial charge in [0.1, 0.15) is 22.8 Å². The normalized spacial score (nSPS) is 29.5. The molecule has 4 aliphatic rings. The Hall–Kier alpha value is -3.33. The van der Waals surface area contributed by atoms with Gasteiger partial charge in [-0.05, 0) is 68.8 Å². The summed E-state index contributed by atoms with van der Waals surface area (Å²) in [5.74, 6) is -5.35. The summed E-state index contributed by atoms with van der Waals surface area (Å²) in [7, 11) is 2.07. The molecule has 3 aliphatic carbocycles. The number of aliphatic hydroxyl groups is 2. The number of hydrogen-bond donors (Lipinski definition) is 5. The molecular weight excluding hydrogens is 450 g/mol. The largest absolute Gasteiger partial charge is 0.511 e. The van der Waals surface area contributed by atoms with Crippen LogP contribution in [-0.4, -0.2) is 63.9 Å². The van der Waals surface area contributed by atoms with Crippen LogP contribution in [0.5, 0.6) is 5.75 Å². The first kappa shape index (κ1) is 23.4. The van der Waals surface area contributed by atoms with Crippen LogP contribution < -0.4 is 11.1 Å². The molecule has 0 saturated carbocycles. The summed E-state index contributed by atoms with van der Waals surface area (Å²) in [4.78, 5) is 40.7. The molecule has 186 valence electrons. The molecule has 0 spiro atoms. The SMILES string of the molecule is C[C@H]1c2ccc(NC3CCN(C)CC3)c(O)c2C(=O)C2=C(O)C3C(=O)C(C(N)=O)=C(O)CC3CC21. The van der Waals surface area contributed by atoms with Crippen LogP contribution >= 0.6 is 0 Å². The van der Waals surface area contributed by atoms with E-state index in [4.69, 9.17) is 5.73 Å². The number of fused-ring (bicyclic) bond motifs is 3. The lowest BCUT2D eigenvalue weighted by atomic mass is 9.60. The molecule has 35 heavy (non-hydrogen) atoms. The van der Waals surface area contributed by atoms with E-state index in [0.29, 0.717) is 17.7 Å². The molecule has 0 radical (unpaired) electrons. The number of rotatable bonds is 3. The van der Waals surface area contributed by atoms with E-state index >= 15 is 0 Å². The van der Waals surface area contributed by atoms with Crippen molar-refractivity contribution in [3.05, 3.63) is 45.9 Å². The molecule has 9 heteroatoms. The molecule has 3 unspecified atom stereocenters. The van der Waals surface area contributed by atoms with Crippen molar-refractivity contribution in [2.75, 3.05) is 25.5 Å². The van der Waals surface area contributed by atoms with Crippen LogP contribution in [0.25, 0.3) is 0 Å². The summed E-state index contributed by atoms with van der Waals surface area (Å²) in [5.41, 5.74) is 6.20. The fraction of sp³-hybridized carbons (Fsp3) is 0.500. The van der Waals surface area contributed by atoms with Crippen molar-refractivity contribution in [1.82, 2.24) is 4.90 Å². The molecule has 5 rings (SSSR count). The van der Waals surface area contributed by atoms with Gasteiger partial charge in [-0.2, -0.15) is 0 Å².